The van der Waals surface area contributed by atoms with Gasteiger partial charge in [0.15, 0.2) is 0 Å². The van der Waals surface area contributed by atoms with Crippen LogP contribution in [0.25, 0.3) is 0 Å². The van der Waals surface area contributed by atoms with Gasteiger partial charge in [0.05, 0.1) is 18.8 Å². The van der Waals surface area contributed by atoms with E-state index < -0.39 is 5.54 Å². The van der Waals surface area contributed by atoms with Crippen LogP contribution in [0.1, 0.15) is 32.6 Å². The number of carbonyl (C=O) groups excluding carboxylic acids is 1. The molecule has 1 aliphatic carbocycles. The fourth-order valence-corrected chi connectivity index (χ4v) is 4.03. The number of rotatable bonds is 2. The summed E-state index contributed by atoms with van der Waals surface area (Å²) in [4.78, 5) is 17.2. The Hall–Kier alpha value is -0.0700. The molecule has 3 fully saturated rings. The summed E-state index contributed by atoms with van der Waals surface area (Å²) < 4.78 is 5.42. The lowest BCUT2D eigenvalue weighted by atomic mass is 9.97. The number of ether oxygens (including phenoxy) is 1. The Morgan fingerprint density at radius 2 is 1.73 bits per heavy atom. The summed E-state index contributed by atoms with van der Waals surface area (Å²) in [6.45, 7) is 7.58. The quantitative estimate of drug-likeness (QED) is 0.812. The van der Waals surface area contributed by atoms with Crippen LogP contribution >= 0.6 is 24.8 Å². The minimum atomic E-state index is -0.570. The molecule has 5 nitrogen and oxygen atoms in total. The van der Waals surface area contributed by atoms with Gasteiger partial charge in [0.25, 0.3) is 0 Å². The molecule has 130 valence electrons. The zero-order valence-corrected chi connectivity index (χ0v) is 15.0. The minimum absolute atomic E-state index is 0. The van der Waals surface area contributed by atoms with E-state index in [0.717, 1.165) is 65.1 Å². The topological polar surface area (TPSA) is 58.8 Å². The van der Waals surface area contributed by atoms with Crippen molar-refractivity contribution in [2.75, 3.05) is 39.4 Å². The third-order valence-electron chi connectivity index (χ3n) is 5.30. The van der Waals surface area contributed by atoms with E-state index in [9.17, 15) is 4.79 Å². The van der Waals surface area contributed by atoms with Crippen molar-refractivity contribution < 1.29 is 9.53 Å². The highest BCUT2D eigenvalue weighted by Gasteiger charge is 2.44. The summed E-state index contributed by atoms with van der Waals surface area (Å²) in [5.41, 5.74) is 5.76. The molecule has 1 amide bonds. The van der Waals surface area contributed by atoms with Gasteiger partial charge in [-0.15, -0.1) is 24.8 Å². The van der Waals surface area contributed by atoms with Gasteiger partial charge in [-0.05, 0) is 18.8 Å². The van der Waals surface area contributed by atoms with Gasteiger partial charge in [0.1, 0.15) is 0 Å². The number of nitrogens with two attached hydrogens (primary N) is 1. The molecule has 3 rings (SSSR count). The van der Waals surface area contributed by atoms with Crippen molar-refractivity contribution in [3.63, 3.8) is 0 Å². The third-order valence-corrected chi connectivity index (χ3v) is 5.30. The zero-order valence-electron chi connectivity index (χ0n) is 13.3. The summed E-state index contributed by atoms with van der Waals surface area (Å²) in [5.74, 6) is 0.722. The molecular weight excluding hydrogens is 325 g/mol. The first-order valence-electron chi connectivity index (χ1n) is 8.00. The molecule has 0 aromatic carbocycles. The molecule has 1 saturated carbocycles. The maximum absolute atomic E-state index is 12.7. The second kappa shape index (κ2) is 8.15. The molecule has 0 aromatic heterocycles. The smallest absolute Gasteiger partial charge is 0.242 e. The Kier molecular flexibility index (Phi) is 7.40. The first kappa shape index (κ1) is 20.0. The molecule has 0 spiro atoms. The monoisotopic (exact) mass is 353 g/mol. The van der Waals surface area contributed by atoms with Crippen molar-refractivity contribution in [2.24, 2.45) is 11.7 Å². The number of halogens is 2. The van der Waals surface area contributed by atoms with Crippen LogP contribution in [0.2, 0.25) is 0 Å². The van der Waals surface area contributed by atoms with Gasteiger partial charge in [-0.25, -0.2) is 0 Å². The third kappa shape index (κ3) is 3.88. The van der Waals surface area contributed by atoms with Crippen molar-refractivity contribution in [1.29, 1.82) is 0 Å². The van der Waals surface area contributed by atoms with Crippen LogP contribution < -0.4 is 5.73 Å². The first-order chi connectivity index (χ1) is 9.60. The number of hydrogen-bond acceptors (Lipinski definition) is 4. The predicted octanol–water partition coefficient (Wildman–Crippen LogP) is 1.28. The molecule has 22 heavy (non-hydrogen) atoms. The van der Waals surface area contributed by atoms with Gasteiger partial charge in [-0.3, -0.25) is 9.69 Å². The van der Waals surface area contributed by atoms with Crippen molar-refractivity contribution in [1.82, 2.24) is 9.80 Å². The molecule has 0 radical (unpaired) electrons. The second-order valence-corrected chi connectivity index (χ2v) is 6.77. The fourth-order valence-electron chi connectivity index (χ4n) is 4.03. The van der Waals surface area contributed by atoms with Crippen molar-refractivity contribution in [3.05, 3.63) is 0 Å². The number of amides is 1. The van der Waals surface area contributed by atoms with Gasteiger partial charge in [-0.2, -0.15) is 0 Å². The fraction of sp³-hybridized carbons (Fsp3) is 0.933. The highest BCUT2D eigenvalue weighted by molar-refractivity contribution is 5.86. The number of likely N-dealkylation sites (tertiary alicyclic amines) is 1. The lowest BCUT2D eigenvalue weighted by Gasteiger charge is -2.34. The molecule has 0 bridgehead atoms. The molecule has 2 aliphatic heterocycles. The van der Waals surface area contributed by atoms with Gasteiger partial charge >= 0.3 is 0 Å². The lowest BCUT2D eigenvalue weighted by Crippen LogP contribution is -2.54. The average molecular weight is 354 g/mol. The van der Waals surface area contributed by atoms with E-state index in [1.807, 2.05) is 4.90 Å². The van der Waals surface area contributed by atoms with Crippen LogP contribution in [0.3, 0.4) is 0 Å². The summed E-state index contributed by atoms with van der Waals surface area (Å²) in [7, 11) is 0. The van der Waals surface area contributed by atoms with E-state index in [1.54, 1.807) is 0 Å². The molecular formula is C15H29Cl2N3O2. The van der Waals surface area contributed by atoms with Crippen LogP contribution in [0, 0.1) is 5.92 Å². The van der Waals surface area contributed by atoms with E-state index >= 15 is 0 Å². The predicted molar refractivity (Wildman–Crippen MR) is 91.8 cm³/mol. The van der Waals surface area contributed by atoms with Crippen LogP contribution in [-0.2, 0) is 9.53 Å². The van der Waals surface area contributed by atoms with Crippen molar-refractivity contribution in [3.8, 4) is 0 Å². The van der Waals surface area contributed by atoms with Crippen LogP contribution in [0.5, 0.6) is 0 Å². The van der Waals surface area contributed by atoms with Gasteiger partial charge in [0, 0.05) is 32.2 Å². The van der Waals surface area contributed by atoms with E-state index in [4.69, 9.17) is 10.5 Å². The first-order valence-corrected chi connectivity index (χ1v) is 8.00. The molecule has 2 unspecified atom stereocenters. The summed E-state index contributed by atoms with van der Waals surface area (Å²) in [6, 6.07) is 0.479. The highest BCUT2D eigenvalue weighted by atomic mass is 35.5. The normalized spacial score (nSPS) is 31.5. The number of hydrogen-bond donors (Lipinski definition) is 1. The van der Waals surface area contributed by atoms with Gasteiger partial charge < -0.3 is 15.4 Å². The number of morpholine rings is 1. The number of nitrogens with zero attached hydrogens (tertiary/aromatic N) is 2. The van der Waals surface area contributed by atoms with Crippen LogP contribution in [-0.4, -0.2) is 66.7 Å². The Balaban J connectivity index is 0.00000121. The van der Waals surface area contributed by atoms with E-state index in [-0.39, 0.29) is 30.7 Å². The van der Waals surface area contributed by atoms with Crippen molar-refractivity contribution in [2.45, 2.75) is 44.2 Å². The molecule has 2 saturated heterocycles. The standard InChI is InChI=1S/C15H27N3O2.2ClH/c1-12-10-18(14(19)15(16)4-2-3-5-15)11-13(12)17-6-8-20-9-7-17;;/h12-13H,2-11,16H2,1H3;2*1H. The van der Waals surface area contributed by atoms with Crippen LogP contribution in [0.15, 0.2) is 0 Å². The maximum Gasteiger partial charge on any atom is 0.242 e. The largest absolute Gasteiger partial charge is 0.379 e. The van der Waals surface area contributed by atoms with Crippen molar-refractivity contribution >= 4 is 30.7 Å². The maximum atomic E-state index is 12.7. The molecule has 0 aromatic rings. The Morgan fingerprint density at radius 1 is 1.14 bits per heavy atom. The van der Waals surface area contributed by atoms with E-state index in [0.29, 0.717) is 12.0 Å². The van der Waals surface area contributed by atoms with E-state index in [1.165, 1.54) is 0 Å². The Morgan fingerprint density at radius 3 is 2.32 bits per heavy atom. The van der Waals surface area contributed by atoms with Gasteiger partial charge in [-0.1, -0.05) is 19.8 Å². The molecule has 2 N–H and O–H groups in total. The Labute approximate surface area is 145 Å². The Bertz CT molecular complexity index is 372. The SMILES string of the molecule is CC1CN(C(=O)C2(N)CCCC2)CC1N1CCOCC1.Cl.Cl. The summed E-state index contributed by atoms with van der Waals surface area (Å²) in [5, 5.41) is 0. The highest BCUT2D eigenvalue weighted by Crippen LogP contribution is 2.32. The minimum Gasteiger partial charge on any atom is -0.379 e. The van der Waals surface area contributed by atoms with E-state index in [2.05, 4.69) is 11.8 Å². The average Bonchev–Trinajstić information content (AvgIpc) is 3.06. The van der Waals surface area contributed by atoms with Gasteiger partial charge in [0.2, 0.25) is 5.91 Å². The molecule has 2 heterocycles. The molecule has 2 atom stereocenters. The second-order valence-electron chi connectivity index (χ2n) is 6.77. The molecule has 3 aliphatic rings. The van der Waals surface area contributed by atoms with Crippen LogP contribution in [0.4, 0.5) is 0 Å². The number of carbonyl (C=O) groups is 1. The zero-order chi connectivity index (χ0) is 14.2. The lowest BCUT2D eigenvalue weighted by molar-refractivity contribution is -0.136. The molecule has 7 heteroatoms. The summed E-state index contributed by atoms with van der Waals surface area (Å²) in [6.07, 6.45) is 3.91. The summed E-state index contributed by atoms with van der Waals surface area (Å²) >= 11 is 0.